The maximum absolute atomic E-state index is 11.7. The van der Waals surface area contributed by atoms with Gasteiger partial charge in [-0.15, -0.1) is 0 Å². The Morgan fingerprint density at radius 3 is 2.40 bits per heavy atom. The van der Waals surface area contributed by atoms with Crippen molar-refractivity contribution in [1.29, 1.82) is 0 Å². The minimum absolute atomic E-state index is 0.0743. The summed E-state index contributed by atoms with van der Waals surface area (Å²) in [6.45, 7) is 5.12. The minimum atomic E-state index is -1.09. The van der Waals surface area contributed by atoms with Crippen molar-refractivity contribution in [3.63, 3.8) is 0 Å². The fourth-order valence-corrected chi connectivity index (χ4v) is 1.65. The van der Waals surface area contributed by atoms with Gasteiger partial charge in [0, 0.05) is 5.56 Å². The Kier molecular flexibility index (Phi) is 4.96. The third kappa shape index (κ3) is 5.17. The van der Waals surface area contributed by atoms with Gasteiger partial charge in [-0.25, -0.2) is 4.79 Å². The molecule has 1 amide bonds. The van der Waals surface area contributed by atoms with E-state index in [1.165, 1.54) is 6.07 Å². The third-order valence-electron chi connectivity index (χ3n) is 2.38. The largest absolute Gasteiger partial charge is 0.508 e. The van der Waals surface area contributed by atoms with Crippen molar-refractivity contribution in [2.45, 2.75) is 38.8 Å². The summed E-state index contributed by atoms with van der Waals surface area (Å²) in [6.07, 6.45) is -1.08. The number of carbonyl (C=O) groups is 2. The molecular formula is C14H19NO5. The summed E-state index contributed by atoms with van der Waals surface area (Å²) in [5, 5.41) is 21.1. The van der Waals surface area contributed by atoms with Gasteiger partial charge in [0.05, 0.1) is 12.5 Å². The van der Waals surface area contributed by atoms with Gasteiger partial charge in [-0.05, 0) is 26.8 Å². The van der Waals surface area contributed by atoms with Gasteiger partial charge in [0.2, 0.25) is 0 Å². The lowest BCUT2D eigenvalue weighted by atomic mass is 10.0. The lowest BCUT2D eigenvalue weighted by Crippen LogP contribution is -2.35. The lowest BCUT2D eigenvalue weighted by Gasteiger charge is -2.23. The number of aliphatic carboxylic acids is 1. The molecule has 0 heterocycles. The summed E-state index contributed by atoms with van der Waals surface area (Å²) in [5.41, 5.74) is -0.350. The van der Waals surface area contributed by atoms with Gasteiger partial charge < -0.3 is 20.3 Å². The Balaban J connectivity index is 2.88. The predicted molar refractivity (Wildman–Crippen MR) is 72.5 cm³/mol. The van der Waals surface area contributed by atoms with E-state index >= 15 is 0 Å². The first-order valence-corrected chi connectivity index (χ1v) is 6.18. The van der Waals surface area contributed by atoms with Crippen LogP contribution in [0.5, 0.6) is 5.75 Å². The molecule has 1 atom stereocenters. The maximum Gasteiger partial charge on any atom is 0.408 e. The van der Waals surface area contributed by atoms with E-state index in [0.717, 1.165) is 0 Å². The van der Waals surface area contributed by atoms with Crippen LogP contribution in [0.15, 0.2) is 24.3 Å². The van der Waals surface area contributed by atoms with Crippen molar-refractivity contribution < 1.29 is 24.5 Å². The van der Waals surface area contributed by atoms with Crippen LogP contribution in [0.25, 0.3) is 0 Å². The number of amides is 1. The molecule has 0 radical (unpaired) electrons. The second-order valence-electron chi connectivity index (χ2n) is 5.36. The minimum Gasteiger partial charge on any atom is -0.508 e. The topological polar surface area (TPSA) is 95.9 Å². The van der Waals surface area contributed by atoms with E-state index in [0.29, 0.717) is 5.56 Å². The number of phenols is 1. The van der Waals surface area contributed by atoms with Crippen LogP contribution in [0.2, 0.25) is 0 Å². The summed E-state index contributed by atoms with van der Waals surface area (Å²) in [5.74, 6) is -1.16. The van der Waals surface area contributed by atoms with Gasteiger partial charge in [-0.3, -0.25) is 4.79 Å². The fourth-order valence-electron chi connectivity index (χ4n) is 1.65. The molecule has 0 saturated heterocycles. The zero-order valence-corrected chi connectivity index (χ0v) is 11.7. The van der Waals surface area contributed by atoms with Gasteiger partial charge in [0.25, 0.3) is 0 Å². The van der Waals surface area contributed by atoms with Crippen molar-refractivity contribution in [2.24, 2.45) is 0 Å². The van der Waals surface area contributed by atoms with Crippen LogP contribution >= 0.6 is 0 Å². The molecule has 0 aliphatic heterocycles. The average molecular weight is 281 g/mol. The normalized spacial score (nSPS) is 12.6. The monoisotopic (exact) mass is 281 g/mol. The first kappa shape index (κ1) is 15.8. The van der Waals surface area contributed by atoms with E-state index in [-0.39, 0.29) is 12.2 Å². The highest BCUT2D eigenvalue weighted by Gasteiger charge is 2.24. The van der Waals surface area contributed by atoms with Crippen LogP contribution in [0.4, 0.5) is 4.79 Å². The number of para-hydroxylation sites is 1. The van der Waals surface area contributed by atoms with Gasteiger partial charge in [-0.2, -0.15) is 0 Å². The Morgan fingerprint density at radius 2 is 1.90 bits per heavy atom. The molecule has 0 aliphatic rings. The molecule has 3 N–H and O–H groups in total. The van der Waals surface area contributed by atoms with Crippen LogP contribution in [-0.2, 0) is 9.53 Å². The fraction of sp³-hybridized carbons (Fsp3) is 0.429. The lowest BCUT2D eigenvalue weighted by molar-refractivity contribution is -0.137. The highest BCUT2D eigenvalue weighted by Crippen LogP contribution is 2.26. The van der Waals surface area contributed by atoms with Gasteiger partial charge in [0.1, 0.15) is 11.4 Å². The number of aromatic hydroxyl groups is 1. The van der Waals surface area contributed by atoms with Gasteiger partial charge in [0.15, 0.2) is 0 Å². The summed E-state index contributed by atoms with van der Waals surface area (Å²) in [4.78, 5) is 22.6. The standard InChI is InChI=1S/C14H19NO5/c1-14(2,3)20-13(19)15-10(8-12(17)18)9-6-4-5-7-11(9)16/h4-7,10,16H,8H2,1-3H3,(H,15,19)(H,17,18)/t10-/m0/s1. The van der Waals surface area contributed by atoms with Crippen LogP contribution in [-0.4, -0.2) is 27.9 Å². The second kappa shape index (κ2) is 6.27. The second-order valence-corrected chi connectivity index (χ2v) is 5.36. The number of carboxylic acid groups (broad SMARTS) is 1. The van der Waals surface area contributed by atoms with Crippen molar-refractivity contribution in [2.75, 3.05) is 0 Å². The van der Waals surface area contributed by atoms with E-state index in [1.807, 2.05) is 0 Å². The molecule has 0 bridgehead atoms. The van der Waals surface area contributed by atoms with E-state index < -0.39 is 23.7 Å². The Bertz CT molecular complexity index is 493. The predicted octanol–water partition coefficient (Wildman–Crippen LogP) is 2.43. The number of phenolic OH excluding ortho intramolecular Hbond substituents is 1. The van der Waals surface area contributed by atoms with Crippen molar-refractivity contribution >= 4 is 12.1 Å². The van der Waals surface area contributed by atoms with E-state index in [1.54, 1.807) is 39.0 Å². The van der Waals surface area contributed by atoms with E-state index in [9.17, 15) is 14.7 Å². The molecule has 1 rings (SSSR count). The zero-order chi connectivity index (χ0) is 15.3. The number of carboxylic acids is 1. The highest BCUT2D eigenvalue weighted by atomic mass is 16.6. The highest BCUT2D eigenvalue weighted by molar-refractivity contribution is 5.72. The average Bonchev–Trinajstić information content (AvgIpc) is 2.25. The van der Waals surface area contributed by atoms with Gasteiger partial charge >= 0.3 is 12.1 Å². The molecule has 1 aromatic rings. The summed E-state index contributed by atoms with van der Waals surface area (Å²) < 4.78 is 5.09. The molecule has 0 saturated carbocycles. The molecule has 1 aromatic carbocycles. The molecule has 110 valence electrons. The first-order valence-electron chi connectivity index (χ1n) is 6.18. The SMILES string of the molecule is CC(C)(C)OC(=O)N[C@@H](CC(=O)O)c1ccccc1O. The number of ether oxygens (including phenoxy) is 1. The molecular weight excluding hydrogens is 262 g/mol. The molecule has 0 spiro atoms. The van der Waals surface area contributed by atoms with Crippen molar-refractivity contribution in [1.82, 2.24) is 5.32 Å². The summed E-state index contributed by atoms with van der Waals surface area (Å²) in [6, 6.07) is 5.40. The number of rotatable bonds is 4. The zero-order valence-electron chi connectivity index (χ0n) is 11.7. The Hall–Kier alpha value is -2.24. The molecule has 6 nitrogen and oxygen atoms in total. The van der Waals surface area contributed by atoms with E-state index in [4.69, 9.17) is 9.84 Å². The number of benzene rings is 1. The molecule has 20 heavy (non-hydrogen) atoms. The molecule has 0 aliphatic carbocycles. The molecule has 0 unspecified atom stereocenters. The summed E-state index contributed by atoms with van der Waals surface area (Å²) in [7, 11) is 0. The number of hydrogen-bond donors (Lipinski definition) is 3. The number of nitrogens with one attached hydrogen (secondary N) is 1. The number of alkyl carbamates (subject to hydrolysis) is 1. The number of hydrogen-bond acceptors (Lipinski definition) is 4. The first-order chi connectivity index (χ1) is 9.19. The van der Waals surface area contributed by atoms with Crippen molar-refractivity contribution in [3.8, 4) is 5.75 Å². The Morgan fingerprint density at radius 1 is 1.30 bits per heavy atom. The third-order valence-corrected chi connectivity index (χ3v) is 2.38. The van der Waals surface area contributed by atoms with Crippen LogP contribution in [0.3, 0.4) is 0 Å². The quantitative estimate of drug-likeness (QED) is 0.787. The smallest absolute Gasteiger partial charge is 0.408 e. The van der Waals surface area contributed by atoms with Crippen molar-refractivity contribution in [3.05, 3.63) is 29.8 Å². The molecule has 0 fully saturated rings. The van der Waals surface area contributed by atoms with Crippen LogP contribution < -0.4 is 5.32 Å². The molecule has 6 heteroatoms. The van der Waals surface area contributed by atoms with Crippen LogP contribution in [0.1, 0.15) is 38.8 Å². The van der Waals surface area contributed by atoms with Crippen LogP contribution in [0, 0.1) is 0 Å². The summed E-state index contributed by atoms with van der Waals surface area (Å²) >= 11 is 0. The number of carbonyl (C=O) groups excluding carboxylic acids is 1. The maximum atomic E-state index is 11.7. The van der Waals surface area contributed by atoms with Gasteiger partial charge in [-0.1, -0.05) is 18.2 Å². The molecule has 0 aromatic heterocycles. The Labute approximate surface area is 117 Å². The van der Waals surface area contributed by atoms with E-state index in [2.05, 4.69) is 5.32 Å².